The molecular weight excluding hydrogens is 404 g/mol. The summed E-state index contributed by atoms with van der Waals surface area (Å²) < 4.78 is 0. The highest BCUT2D eigenvalue weighted by Gasteiger charge is 2.36. The summed E-state index contributed by atoms with van der Waals surface area (Å²) in [7, 11) is 0. The minimum atomic E-state index is -0.733. The van der Waals surface area contributed by atoms with Gasteiger partial charge in [-0.15, -0.1) is 11.6 Å². The summed E-state index contributed by atoms with van der Waals surface area (Å²) in [6.07, 6.45) is 6.50. The molecule has 2 unspecified atom stereocenters. The maximum absolute atomic E-state index is 13.2. The van der Waals surface area contributed by atoms with Crippen LogP contribution in [0.25, 0.3) is 0 Å². The van der Waals surface area contributed by atoms with Crippen LogP contribution in [0.4, 0.5) is 4.79 Å². The minimum Gasteiger partial charge on any atom is -0.344 e. The Labute approximate surface area is 186 Å². The molecule has 0 aromatic heterocycles. The van der Waals surface area contributed by atoms with Gasteiger partial charge in [0.05, 0.1) is 5.41 Å². The molecule has 8 heteroatoms. The van der Waals surface area contributed by atoms with Crippen molar-refractivity contribution in [2.24, 2.45) is 11.3 Å². The quantitative estimate of drug-likeness (QED) is 0.594. The molecule has 2 aliphatic rings. The molecule has 0 bridgehead atoms. The Kier molecular flexibility index (Phi) is 9.26. The van der Waals surface area contributed by atoms with E-state index >= 15 is 0 Å². The molecule has 4 amide bonds. The smallest absolute Gasteiger partial charge is 0.317 e. The van der Waals surface area contributed by atoms with Gasteiger partial charge in [0.25, 0.3) is 0 Å². The van der Waals surface area contributed by atoms with Gasteiger partial charge >= 0.3 is 6.03 Å². The van der Waals surface area contributed by atoms with Crippen molar-refractivity contribution in [3.05, 3.63) is 0 Å². The zero-order valence-corrected chi connectivity index (χ0v) is 19.8. The fourth-order valence-corrected chi connectivity index (χ4v) is 4.04. The normalized spacial score (nSPS) is 20.4. The van der Waals surface area contributed by atoms with Gasteiger partial charge in [0, 0.05) is 38.1 Å². The van der Waals surface area contributed by atoms with Crippen LogP contribution in [0, 0.1) is 11.3 Å². The van der Waals surface area contributed by atoms with Crippen molar-refractivity contribution in [3.8, 4) is 0 Å². The number of alkyl halides is 1. The molecule has 2 N–H and O–H groups in total. The molecule has 1 heterocycles. The number of rotatable bonds is 7. The maximum atomic E-state index is 13.2. The van der Waals surface area contributed by atoms with Crippen LogP contribution in [-0.2, 0) is 9.59 Å². The Morgan fingerprint density at radius 2 is 1.60 bits per heavy atom. The molecule has 1 saturated heterocycles. The molecule has 0 aromatic carbocycles. The predicted octanol–water partition coefficient (Wildman–Crippen LogP) is 2.97. The van der Waals surface area contributed by atoms with Gasteiger partial charge in [-0.05, 0) is 32.6 Å². The number of carbonyl (C=O) groups excluding carboxylic acids is 3. The number of hydrogen-bond acceptors (Lipinski definition) is 3. The van der Waals surface area contributed by atoms with E-state index in [0.717, 1.165) is 19.3 Å². The van der Waals surface area contributed by atoms with E-state index in [1.165, 1.54) is 19.3 Å². The number of nitrogens with zero attached hydrogens (tertiary/aromatic N) is 2. The molecule has 172 valence electrons. The number of piperazine rings is 1. The predicted molar refractivity (Wildman–Crippen MR) is 119 cm³/mol. The van der Waals surface area contributed by atoms with E-state index in [0.29, 0.717) is 26.2 Å². The van der Waals surface area contributed by atoms with Crippen LogP contribution < -0.4 is 10.6 Å². The number of urea groups is 1. The van der Waals surface area contributed by atoms with Gasteiger partial charge in [-0.1, -0.05) is 39.5 Å². The Morgan fingerprint density at radius 3 is 2.13 bits per heavy atom. The highest BCUT2D eigenvalue weighted by atomic mass is 35.5. The van der Waals surface area contributed by atoms with Crippen LogP contribution in [0.15, 0.2) is 0 Å². The van der Waals surface area contributed by atoms with Gasteiger partial charge in [0.15, 0.2) is 0 Å². The molecular formula is C22H39ClN4O3. The third-order valence-electron chi connectivity index (χ3n) is 6.53. The minimum absolute atomic E-state index is 0.0141. The second kappa shape index (κ2) is 11.2. The monoisotopic (exact) mass is 442 g/mol. The maximum Gasteiger partial charge on any atom is 0.317 e. The summed E-state index contributed by atoms with van der Waals surface area (Å²) in [4.78, 5) is 42.0. The van der Waals surface area contributed by atoms with Crippen LogP contribution in [0.5, 0.6) is 0 Å². The third-order valence-corrected chi connectivity index (χ3v) is 7.19. The average molecular weight is 443 g/mol. The van der Waals surface area contributed by atoms with Crippen LogP contribution in [-0.4, -0.2) is 71.8 Å². The molecule has 7 nitrogen and oxygen atoms in total. The first-order chi connectivity index (χ1) is 14.2. The Hall–Kier alpha value is -1.50. The molecule has 1 saturated carbocycles. The summed E-state index contributed by atoms with van der Waals surface area (Å²) >= 11 is 5.93. The van der Waals surface area contributed by atoms with Crippen molar-refractivity contribution in [2.75, 3.05) is 32.1 Å². The van der Waals surface area contributed by atoms with Crippen molar-refractivity contribution in [3.63, 3.8) is 0 Å². The van der Waals surface area contributed by atoms with Gasteiger partial charge in [-0.2, -0.15) is 0 Å². The summed E-state index contributed by atoms with van der Waals surface area (Å²) in [6, 6.07) is -0.321. The van der Waals surface area contributed by atoms with Crippen LogP contribution in [0.1, 0.15) is 66.2 Å². The molecule has 1 aliphatic carbocycles. The van der Waals surface area contributed by atoms with E-state index in [9.17, 15) is 14.4 Å². The lowest BCUT2D eigenvalue weighted by molar-refractivity contribution is -0.141. The second-order valence-electron chi connectivity index (χ2n) is 9.45. The van der Waals surface area contributed by atoms with E-state index in [4.69, 9.17) is 11.6 Å². The summed E-state index contributed by atoms with van der Waals surface area (Å²) in [6.45, 7) is 9.53. The number of hydrogen-bond donors (Lipinski definition) is 2. The Bertz CT molecular complexity index is 599. The number of halogens is 1. The lowest BCUT2D eigenvalue weighted by atomic mass is 9.92. The third kappa shape index (κ3) is 6.50. The summed E-state index contributed by atoms with van der Waals surface area (Å²) in [5.41, 5.74) is -0.733. The largest absolute Gasteiger partial charge is 0.344 e. The van der Waals surface area contributed by atoms with Crippen LogP contribution >= 0.6 is 11.6 Å². The number of nitrogens with one attached hydrogen (secondary N) is 2. The molecule has 0 spiro atoms. The van der Waals surface area contributed by atoms with Gasteiger partial charge in [-0.25, -0.2) is 4.79 Å². The van der Waals surface area contributed by atoms with Crippen molar-refractivity contribution in [2.45, 2.75) is 78.3 Å². The molecule has 30 heavy (non-hydrogen) atoms. The lowest BCUT2D eigenvalue weighted by Crippen LogP contribution is -2.59. The van der Waals surface area contributed by atoms with E-state index < -0.39 is 11.5 Å². The summed E-state index contributed by atoms with van der Waals surface area (Å²) in [5.74, 6) is -0.0769. The lowest BCUT2D eigenvalue weighted by Gasteiger charge is -2.38. The van der Waals surface area contributed by atoms with E-state index in [2.05, 4.69) is 10.6 Å². The molecule has 0 radical (unpaired) electrons. The van der Waals surface area contributed by atoms with E-state index in [1.807, 2.05) is 13.8 Å². The fraction of sp³-hybridized carbons (Fsp3) is 0.864. The fourth-order valence-electron chi connectivity index (χ4n) is 3.92. The Balaban J connectivity index is 1.91. The number of carbonyl (C=O) groups is 3. The van der Waals surface area contributed by atoms with Crippen molar-refractivity contribution in [1.29, 1.82) is 0 Å². The molecule has 2 atom stereocenters. The van der Waals surface area contributed by atoms with Gasteiger partial charge in [0.2, 0.25) is 11.8 Å². The van der Waals surface area contributed by atoms with Crippen LogP contribution in [0.2, 0.25) is 0 Å². The van der Waals surface area contributed by atoms with E-state index in [-0.39, 0.29) is 35.7 Å². The van der Waals surface area contributed by atoms with Crippen LogP contribution in [0.3, 0.4) is 0 Å². The van der Waals surface area contributed by atoms with Gasteiger partial charge < -0.3 is 20.4 Å². The molecule has 2 fully saturated rings. The zero-order valence-electron chi connectivity index (χ0n) is 19.0. The molecule has 1 aliphatic heterocycles. The highest BCUT2D eigenvalue weighted by molar-refractivity contribution is 6.19. The Morgan fingerprint density at radius 1 is 1.03 bits per heavy atom. The van der Waals surface area contributed by atoms with Gasteiger partial charge in [-0.3, -0.25) is 9.59 Å². The van der Waals surface area contributed by atoms with E-state index in [1.54, 1.807) is 23.6 Å². The zero-order chi connectivity index (χ0) is 22.3. The molecule has 2 rings (SSSR count). The SMILES string of the molecule is CCC(C)C(NC(=O)C(C)(C)CCl)C(=O)N1CCN(C(=O)NC2CCCCC2)CC1. The van der Waals surface area contributed by atoms with Crippen molar-refractivity contribution in [1.82, 2.24) is 20.4 Å². The summed E-state index contributed by atoms with van der Waals surface area (Å²) in [5, 5.41) is 6.08. The first-order valence-corrected chi connectivity index (χ1v) is 11.9. The highest BCUT2D eigenvalue weighted by Crippen LogP contribution is 2.21. The average Bonchev–Trinajstić information content (AvgIpc) is 2.77. The first-order valence-electron chi connectivity index (χ1n) is 11.4. The van der Waals surface area contributed by atoms with Gasteiger partial charge in [0.1, 0.15) is 6.04 Å². The van der Waals surface area contributed by atoms with Crippen molar-refractivity contribution >= 4 is 29.4 Å². The standard InChI is InChI=1S/C22H39ClN4O3/c1-5-16(2)18(25-20(29)22(3,4)15-23)19(28)26-11-13-27(14-12-26)21(30)24-17-9-7-6-8-10-17/h16-18H,5-15H2,1-4H3,(H,24,30)(H,25,29). The number of amides is 4. The van der Waals surface area contributed by atoms with Crippen molar-refractivity contribution < 1.29 is 14.4 Å². The second-order valence-corrected chi connectivity index (χ2v) is 9.72. The molecule has 0 aromatic rings. The topological polar surface area (TPSA) is 81.8 Å². The first kappa shape index (κ1) is 24.8.